The molecule has 1 aromatic carbocycles. The van der Waals surface area contributed by atoms with Gasteiger partial charge in [-0.3, -0.25) is 4.90 Å². The Morgan fingerprint density at radius 3 is 2.67 bits per heavy atom. The van der Waals surface area contributed by atoms with E-state index in [1.165, 1.54) is 5.56 Å². The van der Waals surface area contributed by atoms with Crippen LogP contribution in [0.1, 0.15) is 24.8 Å². The molecule has 1 aromatic rings. The second kappa shape index (κ2) is 4.52. The summed E-state index contributed by atoms with van der Waals surface area (Å²) in [6.45, 7) is 2.60. The van der Waals surface area contributed by atoms with E-state index in [9.17, 15) is 4.79 Å². The Hall–Kier alpha value is -1.71. The van der Waals surface area contributed by atoms with Crippen LogP contribution in [-0.2, 0) is 6.42 Å². The van der Waals surface area contributed by atoms with Gasteiger partial charge in [-0.15, -0.1) is 0 Å². The lowest BCUT2D eigenvalue weighted by atomic mass is 10.0. The van der Waals surface area contributed by atoms with Gasteiger partial charge in [-0.25, -0.2) is 4.79 Å². The predicted octanol–water partition coefficient (Wildman–Crippen LogP) is 2.24. The zero-order chi connectivity index (χ0) is 12.5. The van der Waals surface area contributed by atoms with Gasteiger partial charge < -0.3 is 10.6 Å². The van der Waals surface area contributed by atoms with Crippen molar-refractivity contribution in [3.63, 3.8) is 0 Å². The van der Waals surface area contributed by atoms with Crippen LogP contribution in [0, 0.1) is 0 Å². The quantitative estimate of drug-likeness (QED) is 0.713. The maximum absolute atomic E-state index is 12.5. The monoisotopic (exact) mass is 245 g/mol. The van der Waals surface area contributed by atoms with Gasteiger partial charge >= 0.3 is 6.03 Å². The molecule has 0 radical (unpaired) electrons. The summed E-state index contributed by atoms with van der Waals surface area (Å²) in [4.78, 5) is 16.3. The number of anilines is 2. The van der Waals surface area contributed by atoms with Crippen molar-refractivity contribution in [1.29, 1.82) is 0 Å². The second-order valence-corrected chi connectivity index (χ2v) is 5.12. The Kier molecular flexibility index (Phi) is 2.86. The van der Waals surface area contributed by atoms with Crippen molar-refractivity contribution in [2.75, 3.05) is 30.3 Å². The van der Waals surface area contributed by atoms with Crippen molar-refractivity contribution in [2.24, 2.45) is 0 Å². The molecule has 96 valence electrons. The topological polar surface area (TPSA) is 49.6 Å². The van der Waals surface area contributed by atoms with E-state index in [-0.39, 0.29) is 6.03 Å². The molecule has 0 aliphatic carbocycles. The fourth-order valence-corrected chi connectivity index (χ4v) is 2.87. The Bertz CT molecular complexity index is 466. The molecule has 4 heteroatoms. The highest BCUT2D eigenvalue weighted by atomic mass is 16.2. The third-order valence-corrected chi connectivity index (χ3v) is 3.84. The number of carbonyl (C=O) groups is 1. The van der Waals surface area contributed by atoms with Crippen molar-refractivity contribution in [1.82, 2.24) is 4.90 Å². The third kappa shape index (κ3) is 1.92. The van der Waals surface area contributed by atoms with Crippen LogP contribution >= 0.6 is 0 Å². The van der Waals surface area contributed by atoms with E-state index in [0.29, 0.717) is 0 Å². The molecular weight excluding hydrogens is 226 g/mol. The first-order valence-corrected chi connectivity index (χ1v) is 6.70. The average Bonchev–Trinajstić information content (AvgIpc) is 2.91. The first-order valence-electron chi connectivity index (χ1n) is 6.70. The van der Waals surface area contributed by atoms with E-state index in [0.717, 1.165) is 56.7 Å². The number of likely N-dealkylation sites (tertiary alicyclic amines) is 1. The SMILES string of the molecule is Nc1ccc2c(c1)N(C(=O)N1CCCC1)CCC2. The molecule has 2 amide bonds. The van der Waals surface area contributed by atoms with Gasteiger partial charge in [0, 0.05) is 25.3 Å². The molecule has 0 aromatic heterocycles. The molecule has 0 saturated carbocycles. The molecule has 3 rings (SSSR count). The molecule has 0 atom stereocenters. The van der Waals surface area contributed by atoms with Gasteiger partial charge in [0.1, 0.15) is 0 Å². The van der Waals surface area contributed by atoms with Crippen LogP contribution in [0.2, 0.25) is 0 Å². The van der Waals surface area contributed by atoms with Crippen molar-refractivity contribution in [3.8, 4) is 0 Å². The Morgan fingerprint density at radius 1 is 1.11 bits per heavy atom. The number of nitrogens with zero attached hydrogens (tertiary/aromatic N) is 2. The fraction of sp³-hybridized carbons (Fsp3) is 0.500. The van der Waals surface area contributed by atoms with Crippen molar-refractivity contribution >= 4 is 17.4 Å². The number of fused-ring (bicyclic) bond motifs is 1. The highest BCUT2D eigenvalue weighted by Crippen LogP contribution is 2.30. The van der Waals surface area contributed by atoms with Gasteiger partial charge in [0.25, 0.3) is 0 Å². The number of rotatable bonds is 0. The molecule has 1 saturated heterocycles. The van der Waals surface area contributed by atoms with Crippen LogP contribution in [0.5, 0.6) is 0 Å². The molecule has 2 aliphatic heterocycles. The molecule has 1 fully saturated rings. The summed E-state index contributed by atoms with van der Waals surface area (Å²) >= 11 is 0. The van der Waals surface area contributed by atoms with Gasteiger partial charge in [-0.05, 0) is 43.4 Å². The molecule has 0 spiro atoms. The minimum atomic E-state index is 0.152. The number of hydrogen-bond acceptors (Lipinski definition) is 2. The van der Waals surface area contributed by atoms with E-state index >= 15 is 0 Å². The summed E-state index contributed by atoms with van der Waals surface area (Å²) in [6, 6.07) is 6.05. The van der Waals surface area contributed by atoms with Crippen molar-refractivity contribution < 1.29 is 4.79 Å². The second-order valence-electron chi connectivity index (χ2n) is 5.12. The normalized spacial score (nSPS) is 18.9. The lowest BCUT2D eigenvalue weighted by molar-refractivity contribution is 0.215. The van der Waals surface area contributed by atoms with E-state index in [1.54, 1.807) is 0 Å². The third-order valence-electron chi connectivity index (χ3n) is 3.84. The largest absolute Gasteiger partial charge is 0.399 e. The predicted molar refractivity (Wildman–Crippen MR) is 72.7 cm³/mol. The van der Waals surface area contributed by atoms with Crippen molar-refractivity contribution in [3.05, 3.63) is 23.8 Å². The zero-order valence-electron chi connectivity index (χ0n) is 10.6. The molecule has 2 N–H and O–H groups in total. The van der Waals surface area contributed by atoms with Crippen LogP contribution in [0.15, 0.2) is 18.2 Å². The highest BCUT2D eigenvalue weighted by molar-refractivity contribution is 5.94. The Morgan fingerprint density at radius 2 is 1.89 bits per heavy atom. The Labute approximate surface area is 107 Å². The minimum Gasteiger partial charge on any atom is -0.399 e. The lowest BCUT2D eigenvalue weighted by Gasteiger charge is -2.32. The number of carbonyl (C=O) groups excluding carboxylic acids is 1. The number of nitrogen functional groups attached to an aromatic ring is 1. The first kappa shape index (κ1) is 11.4. The number of nitrogens with two attached hydrogens (primary N) is 1. The van der Waals surface area contributed by atoms with Gasteiger partial charge in [-0.1, -0.05) is 6.07 Å². The van der Waals surface area contributed by atoms with Crippen LogP contribution in [0.25, 0.3) is 0 Å². The first-order chi connectivity index (χ1) is 8.75. The summed E-state index contributed by atoms with van der Waals surface area (Å²) in [6.07, 6.45) is 4.34. The van der Waals surface area contributed by atoms with E-state index < -0.39 is 0 Å². The summed E-state index contributed by atoms with van der Waals surface area (Å²) in [5, 5.41) is 0. The van der Waals surface area contributed by atoms with Crippen LogP contribution in [0.3, 0.4) is 0 Å². The van der Waals surface area contributed by atoms with Gasteiger partial charge in [0.2, 0.25) is 0 Å². The average molecular weight is 245 g/mol. The number of amides is 2. The maximum Gasteiger partial charge on any atom is 0.324 e. The number of aryl methyl sites for hydroxylation is 1. The molecule has 2 aliphatic rings. The minimum absolute atomic E-state index is 0.152. The maximum atomic E-state index is 12.5. The highest BCUT2D eigenvalue weighted by Gasteiger charge is 2.28. The number of benzene rings is 1. The summed E-state index contributed by atoms with van der Waals surface area (Å²) in [5.41, 5.74) is 8.83. The summed E-state index contributed by atoms with van der Waals surface area (Å²) in [7, 11) is 0. The molecule has 0 bridgehead atoms. The van der Waals surface area contributed by atoms with E-state index in [2.05, 4.69) is 0 Å². The molecular formula is C14H19N3O. The molecule has 0 unspecified atom stereocenters. The number of hydrogen-bond donors (Lipinski definition) is 1. The van der Waals surface area contributed by atoms with Crippen molar-refractivity contribution in [2.45, 2.75) is 25.7 Å². The summed E-state index contributed by atoms with van der Waals surface area (Å²) in [5.74, 6) is 0. The zero-order valence-corrected chi connectivity index (χ0v) is 10.6. The Balaban J connectivity index is 1.90. The molecule has 18 heavy (non-hydrogen) atoms. The number of urea groups is 1. The van der Waals surface area contributed by atoms with Gasteiger partial charge in [-0.2, -0.15) is 0 Å². The van der Waals surface area contributed by atoms with Crippen LogP contribution in [0.4, 0.5) is 16.2 Å². The lowest BCUT2D eigenvalue weighted by Crippen LogP contribution is -2.44. The molecule has 2 heterocycles. The van der Waals surface area contributed by atoms with Crippen LogP contribution in [-0.4, -0.2) is 30.6 Å². The van der Waals surface area contributed by atoms with E-state index in [1.807, 2.05) is 28.0 Å². The van der Waals surface area contributed by atoms with Crippen LogP contribution < -0.4 is 10.6 Å². The smallest absolute Gasteiger partial charge is 0.324 e. The fourth-order valence-electron chi connectivity index (χ4n) is 2.87. The standard InChI is InChI=1S/C14H19N3O/c15-12-6-5-11-4-3-9-17(13(11)10-12)14(18)16-7-1-2-8-16/h5-6,10H,1-4,7-9,15H2. The summed E-state index contributed by atoms with van der Waals surface area (Å²) < 4.78 is 0. The van der Waals surface area contributed by atoms with Gasteiger partial charge in [0.15, 0.2) is 0 Å². The van der Waals surface area contributed by atoms with E-state index in [4.69, 9.17) is 5.73 Å². The molecule has 4 nitrogen and oxygen atoms in total. The van der Waals surface area contributed by atoms with Gasteiger partial charge in [0.05, 0.1) is 5.69 Å².